The van der Waals surface area contributed by atoms with Crippen LogP contribution in [0.2, 0.25) is 0 Å². The van der Waals surface area contributed by atoms with Gasteiger partial charge in [0.2, 0.25) is 0 Å². The standard InChI is InChI=1S/C26H47N3O11/c1-12(2)10-29-20(21(11-30)37-16(6)32)9-19(27)13(3)36-26-22(28)24(38-17(7)33)25(39-18(8)34)23(40-26)14(4)35-15(5)31/h12-14,19-26,29-30H,9-11,27-28H2,1-8H3/t13-,14-,19?,20?,21-,22?,23?,24?,25?,26?/m0/s1. The van der Waals surface area contributed by atoms with Crippen molar-refractivity contribution in [3.63, 3.8) is 0 Å². The summed E-state index contributed by atoms with van der Waals surface area (Å²) in [5.74, 6) is -2.23. The molecule has 6 N–H and O–H groups in total. The van der Waals surface area contributed by atoms with Gasteiger partial charge >= 0.3 is 23.9 Å². The van der Waals surface area contributed by atoms with Crippen molar-refractivity contribution in [1.82, 2.24) is 5.32 Å². The van der Waals surface area contributed by atoms with Crippen LogP contribution in [0.1, 0.15) is 61.8 Å². The van der Waals surface area contributed by atoms with Crippen molar-refractivity contribution < 1.29 is 52.7 Å². The van der Waals surface area contributed by atoms with Crippen LogP contribution in [-0.4, -0.2) is 103 Å². The molecule has 1 heterocycles. The number of esters is 4. The number of rotatable bonds is 15. The molecule has 1 saturated heterocycles. The minimum absolute atomic E-state index is 0.241. The van der Waals surface area contributed by atoms with Crippen molar-refractivity contribution in [3.8, 4) is 0 Å². The fourth-order valence-corrected chi connectivity index (χ4v) is 4.39. The van der Waals surface area contributed by atoms with Gasteiger partial charge < -0.3 is 50.3 Å². The molecule has 232 valence electrons. The van der Waals surface area contributed by atoms with Crippen molar-refractivity contribution in [2.75, 3.05) is 13.2 Å². The van der Waals surface area contributed by atoms with Gasteiger partial charge in [-0.3, -0.25) is 19.2 Å². The van der Waals surface area contributed by atoms with Gasteiger partial charge in [-0.25, -0.2) is 0 Å². The molecule has 0 amide bonds. The highest BCUT2D eigenvalue weighted by molar-refractivity contribution is 5.68. The van der Waals surface area contributed by atoms with E-state index in [-0.39, 0.29) is 12.3 Å². The summed E-state index contributed by atoms with van der Waals surface area (Å²) in [6.07, 6.45) is -6.90. The molecule has 7 unspecified atom stereocenters. The first-order valence-corrected chi connectivity index (χ1v) is 13.4. The molecule has 0 aliphatic carbocycles. The van der Waals surface area contributed by atoms with E-state index in [1.807, 2.05) is 13.8 Å². The maximum Gasteiger partial charge on any atom is 0.303 e. The third-order valence-corrected chi connectivity index (χ3v) is 6.26. The quantitative estimate of drug-likeness (QED) is 0.143. The third kappa shape index (κ3) is 11.6. The van der Waals surface area contributed by atoms with Gasteiger partial charge in [-0.05, 0) is 32.7 Å². The van der Waals surface area contributed by atoms with Crippen molar-refractivity contribution >= 4 is 23.9 Å². The SMILES string of the molecule is CC(=O)OC1C(N)C(O[C@@H](C)C(N)CC(NCC(C)C)[C@H](CO)OC(C)=O)OC([C@H](C)OC(C)=O)C1OC(C)=O. The number of ether oxygens (including phenoxy) is 6. The molecule has 1 aliphatic heterocycles. The topological polar surface area (TPSA) is 208 Å². The first-order valence-electron chi connectivity index (χ1n) is 13.4. The summed E-state index contributed by atoms with van der Waals surface area (Å²) < 4.78 is 33.5. The number of aliphatic hydroxyl groups excluding tert-OH is 1. The molecule has 0 radical (unpaired) electrons. The summed E-state index contributed by atoms with van der Waals surface area (Å²) in [6, 6.07) is -2.25. The zero-order chi connectivity index (χ0) is 30.7. The van der Waals surface area contributed by atoms with Crippen molar-refractivity contribution in [2.45, 2.75) is 123 Å². The first kappa shape index (κ1) is 35.7. The van der Waals surface area contributed by atoms with Gasteiger partial charge in [0.1, 0.15) is 18.3 Å². The Balaban J connectivity index is 3.19. The monoisotopic (exact) mass is 577 g/mol. The van der Waals surface area contributed by atoms with Crippen LogP contribution < -0.4 is 16.8 Å². The van der Waals surface area contributed by atoms with E-state index in [1.165, 1.54) is 34.6 Å². The second-order valence-corrected chi connectivity index (χ2v) is 10.5. The maximum absolute atomic E-state index is 11.9. The average molecular weight is 578 g/mol. The van der Waals surface area contributed by atoms with Gasteiger partial charge in [0, 0.05) is 39.8 Å². The third-order valence-electron chi connectivity index (χ3n) is 6.26. The molecular formula is C26H47N3O11. The van der Waals surface area contributed by atoms with Gasteiger partial charge in [-0.2, -0.15) is 0 Å². The summed E-state index contributed by atoms with van der Waals surface area (Å²) in [5, 5.41) is 13.1. The minimum Gasteiger partial charge on any atom is -0.460 e. The lowest BCUT2D eigenvalue weighted by Crippen LogP contribution is -2.66. The van der Waals surface area contributed by atoms with Gasteiger partial charge in [-0.1, -0.05) is 13.8 Å². The second-order valence-electron chi connectivity index (χ2n) is 10.5. The Kier molecular flexibility index (Phi) is 15.0. The highest BCUT2D eigenvalue weighted by Gasteiger charge is 2.52. The van der Waals surface area contributed by atoms with Gasteiger partial charge in [0.05, 0.1) is 18.8 Å². The predicted molar refractivity (Wildman–Crippen MR) is 141 cm³/mol. The van der Waals surface area contributed by atoms with Crippen molar-refractivity contribution in [1.29, 1.82) is 0 Å². The molecule has 1 fully saturated rings. The zero-order valence-corrected chi connectivity index (χ0v) is 24.7. The van der Waals surface area contributed by atoms with E-state index in [0.29, 0.717) is 6.54 Å². The minimum atomic E-state index is -1.20. The fourth-order valence-electron chi connectivity index (χ4n) is 4.39. The summed E-state index contributed by atoms with van der Waals surface area (Å²) in [4.78, 5) is 47.0. The van der Waals surface area contributed by atoms with E-state index in [4.69, 9.17) is 39.9 Å². The fraction of sp³-hybridized carbons (Fsp3) is 0.846. The Morgan fingerprint density at radius 1 is 0.900 bits per heavy atom. The Hall–Kier alpha value is -2.36. The molecule has 14 nitrogen and oxygen atoms in total. The Bertz CT molecular complexity index is 843. The van der Waals surface area contributed by atoms with Crippen LogP contribution in [0.3, 0.4) is 0 Å². The van der Waals surface area contributed by atoms with Crippen LogP contribution in [0.4, 0.5) is 0 Å². The Morgan fingerprint density at radius 2 is 1.45 bits per heavy atom. The maximum atomic E-state index is 11.9. The highest BCUT2D eigenvalue weighted by Crippen LogP contribution is 2.30. The molecule has 0 aromatic rings. The van der Waals surface area contributed by atoms with Crippen molar-refractivity contribution in [2.24, 2.45) is 17.4 Å². The van der Waals surface area contributed by atoms with E-state index in [0.717, 1.165) is 0 Å². The van der Waals surface area contributed by atoms with Crippen LogP contribution in [0, 0.1) is 5.92 Å². The molecule has 0 saturated carbocycles. The number of nitrogens with one attached hydrogen (secondary N) is 1. The lowest BCUT2D eigenvalue weighted by atomic mass is 9.93. The largest absolute Gasteiger partial charge is 0.460 e. The Morgan fingerprint density at radius 3 is 1.93 bits per heavy atom. The van der Waals surface area contributed by atoms with Gasteiger partial charge in [0.15, 0.2) is 18.5 Å². The average Bonchev–Trinajstić information content (AvgIpc) is 2.82. The summed E-state index contributed by atoms with van der Waals surface area (Å²) in [7, 11) is 0. The van der Waals surface area contributed by atoms with Gasteiger partial charge in [0.25, 0.3) is 0 Å². The molecule has 0 aromatic carbocycles. The zero-order valence-electron chi connectivity index (χ0n) is 24.7. The Labute approximate surface area is 235 Å². The summed E-state index contributed by atoms with van der Waals surface area (Å²) in [5.41, 5.74) is 12.9. The second kappa shape index (κ2) is 16.8. The van der Waals surface area contributed by atoms with E-state index in [1.54, 1.807) is 6.92 Å². The van der Waals surface area contributed by atoms with Crippen LogP contribution in [0.15, 0.2) is 0 Å². The van der Waals surface area contributed by atoms with Crippen LogP contribution >= 0.6 is 0 Å². The lowest BCUT2D eigenvalue weighted by molar-refractivity contribution is -0.292. The molecule has 40 heavy (non-hydrogen) atoms. The first-order chi connectivity index (χ1) is 18.6. The smallest absolute Gasteiger partial charge is 0.303 e. The van der Waals surface area contributed by atoms with E-state index >= 15 is 0 Å². The number of carbonyl (C=O) groups is 4. The number of nitrogens with two attached hydrogens (primary N) is 2. The van der Waals surface area contributed by atoms with E-state index in [9.17, 15) is 24.3 Å². The summed E-state index contributed by atoms with van der Waals surface area (Å²) in [6.45, 7) is 12.2. The number of carbonyl (C=O) groups excluding carboxylic acids is 4. The highest BCUT2D eigenvalue weighted by atomic mass is 16.7. The lowest BCUT2D eigenvalue weighted by Gasteiger charge is -2.46. The predicted octanol–water partition coefficient (Wildman–Crippen LogP) is -0.486. The molecule has 1 aliphatic rings. The molecule has 0 bridgehead atoms. The molecule has 14 heteroatoms. The van der Waals surface area contributed by atoms with Crippen LogP contribution in [0.25, 0.3) is 0 Å². The molecule has 10 atom stereocenters. The van der Waals surface area contributed by atoms with E-state index in [2.05, 4.69) is 5.32 Å². The normalized spacial score (nSPS) is 26.6. The molecule has 0 aromatic heterocycles. The van der Waals surface area contributed by atoms with Crippen molar-refractivity contribution in [3.05, 3.63) is 0 Å². The van der Waals surface area contributed by atoms with Gasteiger partial charge in [-0.15, -0.1) is 0 Å². The number of hydrogen-bond acceptors (Lipinski definition) is 14. The molecule has 1 rings (SSSR count). The molecular weight excluding hydrogens is 530 g/mol. The number of aliphatic hydroxyl groups is 1. The van der Waals surface area contributed by atoms with Crippen LogP contribution in [-0.2, 0) is 47.6 Å². The van der Waals surface area contributed by atoms with E-state index < -0.39 is 91.5 Å². The summed E-state index contributed by atoms with van der Waals surface area (Å²) >= 11 is 0. The molecule has 0 spiro atoms. The number of hydrogen-bond donors (Lipinski definition) is 4. The van der Waals surface area contributed by atoms with Crippen LogP contribution in [0.5, 0.6) is 0 Å².